The third-order valence-corrected chi connectivity index (χ3v) is 5.34. The van der Waals surface area contributed by atoms with Gasteiger partial charge in [0.05, 0.1) is 11.4 Å². The Kier molecular flexibility index (Phi) is 7.63. The lowest BCUT2D eigenvalue weighted by Crippen LogP contribution is -2.39. The van der Waals surface area contributed by atoms with Crippen molar-refractivity contribution in [3.8, 4) is 0 Å². The van der Waals surface area contributed by atoms with Gasteiger partial charge in [0.15, 0.2) is 12.4 Å². The van der Waals surface area contributed by atoms with Gasteiger partial charge in [-0.2, -0.15) is 0 Å². The minimum absolute atomic E-state index is 0.0323. The molecule has 2 aromatic rings. The fourth-order valence-electron chi connectivity index (χ4n) is 2.21. The van der Waals surface area contributed by atoms with E-state index in [9.17, 15) is 22.8 Å². The van der Waals surface area contributed by atoms with Crippen LogP contribution in [0.1, 0.15) is 21.5 Å². The molecule has 0 radical (unpaired) electrons. The monoisotopic (exact) mass is 418 g/mol. The smallest absolute Gasteiger partial charge is 0.325 e. The van der Waals surface area contributed by atoms with Crippen molar-refractivity contribution in [1.29, 1.82) is 0 Å². The molecule has 0 bridgehead atoms. The SMILES string of the molecule is Cc1ccc(C(=O)COC(=O)CNC(=O)CNS(=O)(=O)c2ccc(C)cc2)cc1. The summed E-state index contributed by atoms with van der Waals surface area (Å²) in [6.07, 6.45) is 0. The molecule has 1 amide bonds. The van der Waals surface area contributed by atoms with Crippen molar-refractivity contribution in [3.63, 3.8) is 0 Å². The maximum absolute atomic E-state index is 12.1. The molecule has 0 heterocycles. The fourth-order valence-corrected chi connectivity index (χ4v) is 3.20. The summed E-state index contributed by atoms with van der Waals surface area (Å²) in [5.41, 5.74) is 2.32. The highest BCUT2D eigenvalue weighted by molar-refractivity contribution is 7.89. The highest BCUT2D eigenvalue weighted by Crippen LogP contribution is 2.09. The van der Waals surface area contributed by atoms with Gasteiger partial charge in [0.25, 0.3) is 0 Å². The number of Topliss-reactive ketones (excluding diaryl/α,β-unsaturated/α-hetero) is 1. The second kappa shape index (κ2) is 9.94. The minimum Gasteiger partial charge on any atom is -0.456 e. The zero-order chi connectivity index (χ0) is 21.4. The molecule has 0 aliphatic rings. The zero-order valence-electron chi connectivity index (χ0n) is 16.1. The number of rotatable bonds is 9. The summed E-state index contributed by atoms with van der Waals surface area (Å²) in [5, 5.41) is 2.23. The van der Waals surface area contributed by atoms with E-state index in [1.807, 2.05) is 13.8 Å². The van der Waals surface area contributed by atoms with Crippen LogP contribution in [0.3, 0.4) is 0 Å². The predicted octanol–water partition coefficient (Wildman–Crippen LogP) is 1.12. The van der Waals surface area contributed by atoms with Gasteiger partial charge in [0.2, 0.25) is 15.9 Å². The highest BCUT2D eigenvalue weighted by atomic mass is 32.2. The van der Waals surface area contributed by atoms with Gasteiger partial charge in [0.1, 0.15) is 6.54 Å². The molecular formula is C20H22N2O6S. The van der Waals surface area contributed by atoms with Crippen LogP contribution in [0.2, 0.25) is 0 Å². The normalized spacial score (nSPS) is 11.0. The Morgan fingerprint density at radius 2 is 1.41 bits per heavy atom. The molecule has 0 atom stereocenters. The summed E-state index contributed by atoms with van der Waals surface area (Å²) >= 11 is 0. The van der Waals surface area contributed by atoms with Crippen molar-refractivity contribution in [1.82, 2.24) is 10.0 Å². The maximum atomic E-state index is 12.1. The number of carbonyl (C=O) groups excluding carboxylic acids is 3. The van der Waals surface area contributed by atoms with E-state index in [2.05, 4.69) is 10.0 Å². The molecule has 0 aliphatic carbocycles. The molecule has 2 rings (SSSR count). The number of ether oxygens (including phenoxy) is 1. The molecular weight excluding hydrogens is 396 g/mol. The lowest BCUT2D eigenvalue weighted by molar-refractivity contribution is -0.142. The molecule has 0 unspecified atom stereocenters. The maximum Gasteiger partial charge on any atom is 0.325 e. The Balaban J connectivity index is 1.72. The van der Waals surface area contributed by atoms with Gasteiger partial charge < -0.3 is 10.1 Å². The fraction of sp³-hybridized carbons (Fsp3) is 0.250. The summed E-state index contributed by atoms with van der Waals surface area (Å²) in [7, 11) is -3.84. The Hall–Kier alpha value is -3.04. The number of sulfonamides is 1. The number of hydrogen-bond acceptors (Lipinski definition) is 6. The number of hydrogen-bond donors (Lipinski definition) is 2. The first-order valence-corrected chi connectivity index (χ1v) is 10.2. The van der Waals surface area contributed by atoms with Gasteiger partial charge in [-0.05, 0) is 26.0 Å². The number of esters is 1. The lowest BCUT2D eigenvalue weighted by Gasteiger charge is -2.08. The van der Waals surface area contributed by atoms with E-state index >= 15 is 0 Å². The quantitative estimate of drug-likeness (QED) is 0.465. The van der Waals surface area contributed by atoms with Crippen LogP contribution in [0.5, 0.6) is 0 Å². The van der Waals surface area contributed by atoms with E-state index in [1.165, 1.54) is 12.1 Å². The largest absolute Gasteiger partial charge is 0.456 e. The average molecular weight is 418 g/mol. The zero-order valence-corrected chi connectivity index (χ0v) is 16.9. The van der Waals surface area contributed by atoms with E-state index < -0.39 is 41.6 Å². The van der Waals surface area contributed by atoms with Crippen LogP contribution in [0, 0.1) is 13.8 Å². The lowest BCUT2D eigenvalue weighted by atomic mass is 10.1. The molecule has 0 saturated heterocycles. The minimum atomic E-state index is -3.84. The second-order valence-electron chi connectivity index (χ2n) is 6.36. The van der Waals surface area contributed by atoms with Crippen LogP contribution < -0.4 is 10.0 Å². The number of nitrogens with one attached hydrogen (secondary N) is 2. The number of carbonyl (C=O) groups is 3. The van der Waals surface area contributed by atoms with E-state index in [1.54, 1.807) is 36.4 Å². The van der Waals surface area contributed by atoms with Crippen LogP contribution in [-0.2, 0) is 24.3 Å². The van der Waals surface area contributed by atoms with Crippen molar-refractivity contribution in [2.75, 3.05) is 19.7 Å². The number of aryl methyl sites for hydroxylation is 2. The standard InChI is InChI=1S/C20H22N2O6S/c1-14-3-7-16(8-4-14)18(23)13-28-20(25)12-21-19(24)11-22-29(26,27)17-9-5-15(2)6-10-17/h3-10,22H,11-13H2,1-2H3,(H,21,24). The van der Waals surface area contributed by atoms with Crippen LogP contribution in [0.25, 0.3) is 0 Å². The molecule has 8 nitrogen and oxygen atoms in total. The number of amides is 1. The molecule has 0 fully saturated rings. The van der Waals surface area contributed by atoms with Crippen LogP contribution >= 0.6 is 0 Å². The Morgan fingerprint density at radius 3 is 2.00 bits per heavy atom. The van der Waals surface area contributed by atoms with E-state index in [-0.39, 0.29) is 10.7 Å². The third-order valence-electron chi connectivity index (χ3n) is 3.92. The molecule has 154 valence electrons. The van der Waals surface area contributed by atoms with Crippen molar-refractivity contribution in [2.24, 2.45) is 0 Å². The molecule has 2 N–H and O–H groups in total. The molecule has 0 aliphatic heterocycles. The first-order valence-electron chi connectivity index (χ1n) is 8.76. The topological polar surface area (TPSA) is 119 Å². The molecule has 29 heavy (non-hydrogen) atoms. The second-order valence-corrected chi connectivity index (χ2v) is 8.13. The molecule has 0 aromatic heterocycles. The first-order chi connectivity index (χ1) is 13.7. The summed E-state index contributed by atoms with van der Waals surface area (Å²) in [6, 6.07) is 12.9. The van der Waals surface area contributed by atoms with Gasteiger partial charge in [-0.15, -0.1) is 0 Å². The predicted molar refractivity (Wildman–Crippen MR) is 106 cm³/mol. The molecule has 0 spiro atoms. The Bertz CT molecular complexity index is 983. The van der Waals surface area contributed by atoms with E-state index in [0.717, 1.165) is 11.1 Å². The van der Waals surface area contributed by atoms with Gasteiger partial charge >= 0.3 is 5.97 Å². The van der Waals surface area contributed by atoms with Crippen molar-refractivity contribution < 1.29 is 27.5 Å². The van der Waals surface area contributed by atoms with Crippen molar-refractivity contribution >= 4 is 27.7 Å². The number of ketones is 1. The molecule has 0 saturated carbocycles. The summed E-state index contributed by atoms with van der Waals surface area (Å²) < 4.78 is 31.2. The van der Waals surface area contributed by atoms with Crippen molar-refractivity contribution in [3.05, 3.63) is 65.2 Å². The van der Waals surface area contributed by atoms with E-state index in [0.29, 0.717) is 5.56 Å². The molecule has 9 heteroatoms. The first kappa shape index (κ1) is 22.3. The van der Waals surface area contributed by atoms with Crippen LogP contribution in [-0.4, -0.2) is 45.8 Å². The van der Waals surface area contributed by atoms with Gasteiger partial charge in [-0.3, -0.25) is 14.4 Å². The summed E-state index contributed by atoms with van der Waals surface area (Å²) in [6.45, 7) is 2.25. The molecule has 2 aromatic carbocycles. The van der Waals surface area contributed by atoms with Crippen LogP contribution in [0.4, 0.5) is 0 Å². The third kappa shape index (κ3) is 7.13. The summed E-state index contributed by atoms with van der Waals surface area (Å²) in [4.78, 5) is 35.4. The van der Waals surface area contributed by atoms with Crippen molar-refractivity contribution in [2.45, 2.75) is 18.7 Å². The average Bonchev–Trinajstić information content (AvgIpc) is 2.70. The summed E-state index contributed by atoms with van der Waals surface area (Å²) in [5.74, 6) is -1.88. The van der Waals surface area contributed by atoms with E-state index in [4.69, 9.17) is 4.74 Å². The van der Waals surface area contributed by atoms with Gasteiger partial charge in [-0.1, -0.05) is 47.5 Å². The van der Waals surface area contributed by atoms with Gasteiger partial charge in [-0.25, -0.2) is 13.1 Å². The number of benzene rings is 2. The highest BCUT2D eigenvalue weighted by Gasteiger charge is 2.16. The van der Waals surface area contributed by atoms with Crippen LogP contribution in [0.15, 0.2) is 53.4 Å². The van der Waals surface area contributed by atoms with Gasteiger partial charge in [0, 0.05) is 5.56 Å². The Morgan fingerprint density at radius 1 is 0.862 bits per heavy atom. The Labute approximate surface area is 169 Å².